The van der Waals surface area contributed by atoms with Crippen LogP contribution in [0.4, 0.5) is 37.7 Å². The number of nitrogens with one attached hydrogen (secondary N) is 2. The van der Waals surface area contributed by atoms with Crippen LogP contribution >= 0.6 is 61.8 Å². The van der Waals surface area contributed by atoms with Gasteiger partial charge in [-0.2, -0.15) is 26.3 Å². The van der Waals surface area contributed by atoms with E-state index in [2.05, 4.69) is 36.5 Å². The number of rotatable bonds is 8. The number of ether oxygens (including phenoxy) is 2. The van der Waals surface area contributed by atoms with Crippen molar-refractivity contribution in [3.63, 3.8) is 0 Å². The lowest BCUT2D eigenvalue weighted by Crippen LogP contribution is -2.33. The summed E-state index contributed by atoms with van der Waals surface area (Å²) in [5.41, 5.74) is -0.981. The molecule has 2 amide bonds. The summed E-state index contributed by atoms with van der Waals surface area (Å²) in [4.78, 5) is 30.5. The Morgan fingerprint density at radius 2 is 1.10 bits per heavy atom. The standard InChI is InChI=1S/C19H14ClF3N2O2S.C13H12BF3N2O4S.C6H4BrCl/c1-10-24-17(19(21,22)23)16(28-10)18(26)25-15-8-7-13(27-2)9-14(15)11-3-5-12(20)6-4-11;1-6-18-11(13(15,16)17)10(24-6)12(20)19-9-4-3-7(23-2)5-8(9)14(21)22;7-5-1-3-6(8)4-2-5/h3-9H,1-2H3,(H,25,26);3-5,21-22H,1-2H3,(H,19,20);1-4H. The van der Waals surface area contributed by atoms with Crippen molar-refractivity contribution < 1.29 is 55.5 Å². The average Bonchev–Trinajstić information content (AvgIpc) is 3.80. The fraction of sp³-hybridized carbons (Fsp3) is 0.158. The molecular formula is C38H30BBrCl2F6N4O6S2. The molecule has 0 saturated heterocycles. The molecule has 4 aromatic carbocycles. The molecule has 0 unspecified atom stereocenters. The minimum Gasteiger partial charge on any atom is -0.497 e. The van der Waals surface area contributed by atoms with Crippen LogP contribution in [-0.4, -0.2) is 53.2 Å². The molecule has 0 bridgehead atoms. The lowest BCUT2D eigenvalue weighted by Gasteiger charge is -2.13. The van der Waals surface area contributed by atoms with E-state index in [9.17, 15) is 46.0 Å². The van der Waals surface area contributed by atoms with Crippen LogP contribution in [0.15, 0.2) is 89.4 Å². The first-order chi connectivity index (χ1) is 28.1. The molecule has 0 aliphatic heterocycles. The van der Waals surface area contributed by atoms with Crippen LogP contribution in [0.2, 0.25) is 10.0 Å². The minimum atomic E-state index is -4.77. The van der Waals surface area contributed by atoms with Crippen LogP contribution < -0.4 is 25.6 Å². The summed E-state index contributed by atoms with van der Waals surface area (Å²) in [6.07, 6.45) is -9.48. The predicted octanol–water partition coefficient (Wildman–Crippen LogP) is 10.6. The second-order valence-corrected chi connectivity index (χ2v) is 16.1. The normalized spacial score (nSPS) is 11.1. The lowest BCUT2D eigenvalue weighted by atomic mass is 9.79. The Balaban J connectivity index is 0.000000225. The molecule has 6 aromatic rings. The van der Waals surface area contributed by atoms with Gasteiger partial charge in [0.05, 0.1) is 24.2 Å². The number of hydrogen-bond acceptors (Lipinski definition) is 10. The Bertz CT molecular complexity index is 2420. The van der Waals surface area contributed by atoms with Crippen molar-refractivity contribution >= 4 is 97.6 Å². The fourth-order valence-corrected chi connectivity index (χ4v) is 7.14. The van der Waals surface area contributed by atoms with E-state index in [1.165, 1.54) is 46.3 Å². The minimum absolute atomic E-state index is 0.0463. The summed E-state index contributed by atoms with van der Waals surface area (Å²) in [6.45, 7) is 2.77. The summed E-state index contributed by atoms with van der Waals surface area (Å²) < 4.78 is 89.5. The number of benzene rings is 4. The monoisotopic (exact) mass is 976 g/mol. The van der Waals surface area contributed by atoms with Gasteiger partial charge in [0, 0.05) is 36.9 Å². The van der Waals surface area contributed by atoms with Gasteiger partial charge in [0.25, 0.3) is 11.8 Å². The number of carbonyl (C=O) groups is 2. The highest BCUT2D eigenvalue weighted by Gasteiger charge is 2.40. The number of nitrogens with zero attached hydrogens (tertiary/aromatic N) is 2. The van der Waals surface area contributed by atoms with Gasteiger partial charge in [-0.15, -0.1) is 22.7 Å². The Morgan fingerprint density at radius 1 is 0.683 bits per heavy atom. The van der Waals surface area contributed by atoms with Crippen molar-refractivity contribution in [2.24, 2.45) is 0 Å². The largest absolute Gasteiger partial charge is 0.497 e. The van der Waals surface area contributed by atoms with Crippen molar-refractivity contribution in [1.29, 1.82) is 0 Å². The number of halogens is 9. The Kier molecular flexibility index (Phi) is 16.6. The molecule has 2 aromatic heterocycles. The molecule has 0 saturated carbocycles. The second kappa shape index (κ2) is 20.7. The van der Waals surface area contributed by atoms with Crippen molar-refractivity contribution in [3.05, 3.63) is 131 Å². The molecule has 10 nitrogen and oxygen atoms in total. The molecule has 316 valence electrons. The highest BCUT2D eigenvalue weighted by molar-refractivity contribution is 9.10. The number of carbonyl (C=O) groups excluding carboxylic acids is 2. The lowest BCUT2D eigenvalue weighted by molar-refractivity contribution is -0.141. The van der Waals surface area contributed by atoms with Gasteiger partial charge in [0.15, 0.2) is 11.4 Å². The van der Waals surface area contributed by atoms with E-state index in [0.29, 0.717) is 50.4 Å². The quantitative estimate of drug-likeness (QED) is 0.0872. The van der Waals surface area contributed by atoms with Crippen LogP contribution in [0.25, 0.3) is 11.1 Å². The summed E-state index contributed by atoms with van der Waals surface area (Å²) >= 11 is 16.1. The van der Waals surface area contributed by atoms with E-state index in [-0.39, 0.29) is 21.2 Å². The third-order valence-corrected chi connectivity index (χ3v) is 10.6. The van der Waals surface area contributed by atoms with E-state index < -0.39 is 52.4 Å². The van der Waals surface area contributed by atoms with Crippen molar-refractivity contribution in [1.82, 2.24) is 9.97 Å². The highest BCUT2D eigenvalue weighted by Crippen LogP contribution is 2.37. The van der Waals surface area contributed by atoms with Crippen LogP contribution in [0.1, 0.15) is 40.7 Å². The van der Waals surface area contributed by atoms with Crippen molar-refractivity contribution in [2.45, 2.75) is 26.2 Å². The molecule has 0 fully saturated rings. The number of anilines is 2. The van der Waals surface area contributed by atoms with Crippen LogP contribution in [0.5, 0.6) is 11.5 Å². The summed E-state index contributed by atoms with van der Waals surface area (Å²) in [7, 11) is 0.909. The smallest absolute Gasteiger partial charge is 0.490 e. The maximum atomic E-state index is 13.2. The Morgan fingerprint density at radius 3 is 1.52 bits per heavy atom. The SMILES string of the molecule is COc1ccc(NC(=O)c2sc(C)nc2C(F)(F)F)c(-c2ccc(Cl)cc2)c1.COc1ccc(NC(=O)c2sc(C)nc2C(F)(F)F)c(B(O)O)c1.Clc1ccc(Br)cc1. The molecule has 2 heterocycles. The zero-order valence-electron chi connectivity index (χ0n) is 31.3. The number of aryl methyl sites for hydroxylation is 2. The summed E-state index contributed by atoms with van der Waals surface area (Å²) in [6, 6.07) is 23.2. The van der Waals surface area contributed by atoms with Crippen LogP contribution in [0.3, 0.4) is 0 Å². The molecule has 0 aliphatic carbocycles. The zero-order chi connectivity index (χ0) is 44.5. The molecule has 0 atom stereocenters. The fourth-order valence-electron chi connectivity index (χ4n) is 4.96. The molecule has 22 heteroatoms. The van der Waals surface area contributed by atoms with Crippen LogP contribution in [0, 0.1) is 13.8 Å². The molecule has 6 rings (SSSR count). The number of amides is 2. The van der Waals surface area contributed by atoms with E-state index in [0.717, 1.165) is 15.1 Å². The van der Waals surface area contributed by atoms with Gasteiger partial charge in [-0.1, -0.05) is 51.3 Å². The van der Waals surface area contributed by atoms with Gasteiger partial charge in [-0.25, -0.2) is 9.97 Å². The van der Waals surface area contributed by atoms with Crippen molar-refractivity contribution in [2.75, 3.05) is 24.9 Å². The van der Waals surface area contributed by atoms with Gasteiger partial charge in [-0.05, 0) is 92.2 Å². The first-order valence-electron chi connectivity index (χ1n) is 16.7. The zero-order valence-corrected chi connectivity index (χ0v) is 36.0. The maximum Gasteiger partial charge on any atom is 0.490 e. The Hall–Kier alpha value is -4.70. The van der Waals surface area contributed by atoms with Gasteiger partial charge < -0.3 is 30.2 Å². The number of methoxy groups -OCH3 is 2. The maximum absolute atomic E-state index is 13.2. The van der Waals surface area contributed by atoms with Crippen molar-refractivity contribution in [3.8, 4) is 22.6 Å². The van der Waals surface area contributed by atoms with E-state index in [1.54, 1.807) is 42.5 Å². The topological polar surface area (TPSA) is 143 Å². The summed E-state index contributed by atoms with van der Waals surface area (Å²) in [5.74, 6) is -1.09. The number of aromatic nitrogens is 2. The molecule has 0 spiro atoms. The van der Waals surface area contributed by atoms with Gasteiger partial charge >= 0.3 is 19.5 Å². The molecule has 0 aliphatic rings. The third kappa shape index (κ3) is 13.2. The number of thiazole rings is 2. The summed E-state index contributed by atoms with van der Waals surface area (Å²) in [5, 5.41) is 25.1. The molecule has 4 N–H and O–H groups in total. The van der Waals surface area contributed by atoms with E-state index in [1.807, 2.05) is 24.3 Å². The average molecular weight is 978 g/mol. The number of alkyl halides is 6. The van der Waals surface area contributed by atoms with Gasteiger partial charge in [-0.3, -0.25) is 9.59 Å². The molecule has 60 heavy (non-hydrogen) atoms. The molecular weight excluding hydrogens is 948 g/mol. The van der Waals surface area contributed by atoms with E-state index >= 15 is 0 Å². The third-order valence-electron chi connectivity index (χ3n) is 7.64. The first-order valence-corrected chi connectivity index (χ1v) is 19.9. The van der Waals surface area contributed by atoms with Crippen LogP contribution in [-0.2, 0) is 12.4 Å². The van der Waals surface area contributed by atoms with Gasteiger partial charge in [0.1, 0.15) is 21.3 Å². The highest BCUT2D eigenvalue weighted by atomic mass is 79.9. The molecule has 0 radical (unpaired) electrons. The Labute approximate surface area is 365 Å². The predicted molar refractivity (Wildman–Crippen MR) is 225 cm³/mol. The van der Waals surface area contributed by atoms with E-state index in [4.69, 9.17) is 32.7 Å². The second-order valence-electron chi connectivity index (χ2n) is 11.9. The van der Waals surface area contributed by atoms with Gasteiger partial charge in [0.2, 0.25) is 0 Å². The number of hydrogen-bond donors (Lipinski definition) is 4. The first kappa shape index (κ1) is 48.0.